The first-order valence-electron chi connectivity index (χ1n) is 17.8. The quantitative estimate of drug-likeness (QED) is 0.0740. The topological polar surface area (TPSA) is 180 Å². The van der Waals surface area contributed by atoms with Gasteiger partial charge in [0.25, 0.3) is 5.89 Å². The van der Waals surface area contributed by atoms with E-state index in [0.717, 1.165) is 27.3 Å². The molecule has 4 aromatic rings. The fraction of sp³-hybridized carbons (Fsp3) is 0.400. The Morgan fingerprint density at radius 2 is 1.25 bits per heavy atom. The summed E-state index contributed by atoms with van der Waals surface area (Å²) in [5.74, 6) is 0.580. The summed E-state index contributed by atoms with van der Waals surface area (Å²) >= 11 is 0. The molecule has 15 nitrogen and oxygen atoms in total. The summed E-state index contributed by atoms with van der Waals surface area (Å²) in [5.41, 5.74) is 2.44. The molecule has 0 unspecified atom stereocenters. The van der Waals surface area contributed by atoms with E-state index in [9.17, 15) is 19.2 Å². The molecule has 0 spiro atoms. The number of rotatable bonds is 14. The number of benzene rings is 3. The van der Waals surface area contributed by atoms with Crippen molar-refractivity contribution in [2.75, 3.05) is 34.4 Å². The zero-order chi connectivity index (χ0) is 41.6. The number of carboxylic acid groups (broad SMARTS) is 1. The highest BCUT2D eigenvalue weighted by Crippen LogP contribution is 2.37. The monoisotopic (exact) mass is 792 g/mol. The van der Waals surface area contributed by atoms with Gasteiger partial charge in [-0.3, -0.25) is 19.4 Å². The zero-order valence-electron chi connectivity index (χ0n) is 33.6. The fourth-order valence-electron chi connectivity index (χ4n) is 4.93. The maximum absolute atomic E-state index is 12.0. The minimum atomic E-state index is -1.91. The first-order chi connectivity index (χ1) is 26.4. The van der Waals surface area contributed by atoms with Crippen molar-refractivity contribution in [2.45, 2.75) is 71.4 Å². The molecule has 16 heteroatoms. The highest BCUT2D eigenvalue weighted by Gasteiger charge is 2.39. The number of aliphatic carboxylic acids is 1. The first-order valence-corrected chi connectivity index (χ1v) is 20.7. The number of carboxylic acids is 1. The number of hydrogen-bond acceptors (Lipinski definition) is 12. The Labute approximate surface area is 328 Å². The standard InChI is InChI=1S/C21H21N3O6.C19H31NO5Si/c1-14(24(12-19(25)26)21(27)28-2)15-8-10-17(11-9-15)29-13-18-22-20(30-23-18)16-6-4-3-5-7-16;1-14(20(18(22)24-6)13-17(21)23-5)15-9-11-16(12-10-15)25-26(7,8)19(2,3)4/h3-11,14H,12-13H2,1-2H3,(H,25,26);9-12,14H,13H2,1-8H3/t2*14-/m00/s1. The van der Waals surface area contributed by atoms with Crippen molar-refractivity contribution in [1.29, 1.82) is 0 Å². The molecule has 1 heterocycles. The first kappa shape index (κ1) is 44.5. The normalized spacial score (nSPS) is 12.2. The van der Waals surface area contributed by atoms with Gasteiger partial charge in [0.05, 0.1) is 33.4 Å². The lowest BCUT2D eigenvalue weighted by atomic mass is 10.1. The number of carbonyl (C=O) groups is 4. The Morgan fingerprint density at radius 1 is 0.750 bits per heavy atom. The van der Waals surface area contributed by atoms with Crippen LogP contribution in [0.1, 0.15) is 63.7 Å². The summed E-state index contributed by atoms with van der Waals surface area (Å²) in [6, 6.07) is 23.2. The van der Waals surface area contributed by atoms with E-state index >= 15 is 0 Å². The maximum Gasteiger partial charge on any atom is 0.410 e. The number of carbonyl (C=O) groups excluding carboxylic acids is 3. The Bertz CT molecular complexity index is 1880. The molecular formula is C40H52N4O11Si. The van der Waals surface area contributed by atoms with Gasteiger partial charge in [-0.05, 0) is 79.5 Å². The van der Waals surface area contributed by atoms with Crippen LogP contribution in [0.15, 0.2) is 83.4 Å². The minimum absolute atomic E-state index is 0.112. The molecule has 3 aromatic carbocycles. The van der Waals surface area contributed by atoms with Gasteiger partial charge in [-0.2, -0.15) is 4.98 Å². The van der Waals surface area contributed by atoms with Crippen LogP contribution in [0, 0.1) is 0 Å². The third kappa shape index (κ3) is 12.6. The molecule has 0 bridgehead atoms. The van der Waals surface area contributed by atoms with Crippen molar-refractivity contribution in [3.63, 3.8) is 0 Å². The third-order valence-corrected chi connectivity index (χ3v) is 13.7. The fourth-order valence-corrected chi connectivity index (χ4v) is 5.96. The van der Waals surface area contributed by atoms with E-state index in [4.69, 9.17) is 23.5 Å². The molecule has 0 fully saturated rings. The zero-order valence-corrected chi connectivity index (χ0v) is 34.6. The van der Waals surface area contributed by atoms with E-state index in [1.54, 1.807) is 31.2 Å². The second-order valence-corrected chi connectivity index (χ2v) is 18.9. The highest BCUT2D eigenvalue weighted by atomic mass is 28.4. The van der Waals surface area contributed by atoms with Crippen molar-refractivity contribution in [3.05, 3.63) is 95.8 Å². The van der Waals surface area contributed by atoms with Crippen molar-refractivity contribution in [1.82, 2.24) is 19.9 Å². The van der Waals surface area contributed by atoms with E-state index in [-0.39, 0.29) is 24.2 Å². The lowest BCUT2D eigenvalue weighted by Gasteiger charge is -2.36. The molecule has 1 N–H and O–H groups in total. The van der Waals surface area contributed by atoms with Gasteiger partial charge in [0.2, 0.25) is 14.1 Å². The molecule has 2 amide bonds. The predicted octanol–water partition coefficient (Wildman–Crippen LogP) is 7.90. The molecule has 4 rings (SSSR count). The Hall–Kier alpha value is -5.90. The van der Waals surface area contributed by atoms with Crippen LogP contribution in [0.5, 0.6) is 11.5 Å². The molecule has 0 aliphatic rings. The van der Waals surface area contributed by atoms with Crippen molar-refractivity contribution < 1.29 is 52.2 Å². The number of hydrogen-bond donors (Lipinski definition) is 1. The van der Waals surface area contributed by atoms with Crippen molar-refractivity contribution in [3.8, 4) is 23.0 Å². The van der Waals surface area contributed by atoms with Gasteiger partial charge in [-0.15, -0.1) is 0 Å². The summed E-state index contributed by atoms with van der Waals surface area (Å²) in [4.78, 5) is 53.3. The van der Waals surface area contributed by atoms with Crippen LogP contribution in [0.2, 0.25) is 18.1 Å². The van der Waals surface area contributed by atoms with E-state index in [1.165, 1.54) is 26.2 Å². The van der Waals surface area contributed by atoms with Gasteiger partial charge in [0.1, 0.15) is 24.6 Å². The van der Waals surface area contributed by atoms with E-state index in [1.807, 2.05) is 61.5 Å². The number of esters is 1. The van der Waals surface area contributed by atoms with Crippen molar-refractivity contribution in [2.24, 2.45) is 0 Å². The number of aromatic nitrogens is 2. The summed E-state index contributed by atoms with van der Waals surface area (Å²) < 4.78 is 31.3. The molecular weight excluding hydrogens is 741 g/mol. The molecule has 0 radical (unpaired) electrons. The second-order valence-electron chi connectivity index (χ2n) is 14.2. The Balaban J connectivity index is 0.000000304. The summed E-state index contributed by atoms with van der Waals surface area (Å²) in [5, 5.41) is 13.1. The van der Waals surface area contributed by atoms with Crippen LogP contribution in [-0.2, 0) is 30.4 Å². The largest absolute Gasteiger partial charge is 0.544 e. The lowest BCUT2D eigenvalue weighted by molar-refractivity contribution is -0.142. The van der Waals surface area contributed by atoms with E-state index < -0.39 is 45.0 Å². The van der Waals surface area contributed by atoms with Crippen LogP contribution in [-0.4, -0.2) is 91.9 Å². The average molecular weight is 793 g/mol. The van der Waals surface area contributed by atoms with Gasteiger partial charge < -0.3 is 33.0 Å². The third-order valence-electron chi connectivity index (χ3n) is 9.35. The number of nitrogens with zero attached hydrogens (tertiary/aromatic N) is 4. The smallest absolute Gasteiger partial charge is 0.410 e. The Kier molecular flexibility index (Phi) is 16.0. The molecule has 0 aliphatic carbocycles. The van der Waals surface area contributed by atoms with Crippen LogP contribution in [0.25, 0.3) is 11.5 Å². The van der Waals surface area contributed by atoms with E-state index in [0.29, 0.717) is 17.5 Å². The lowest BCUT2D eigenvalue weighted by Crippen LogP contribution is -2.43. The summed E-state index contributed by atoms with van der Waals surface area (Å²) in [6.07, 6.45) is -1.29. The van der Waals surface area contributed by atoms with Gasteiger partial charge in [0, 0.05) is 5.56 Å². The Morgan fingerprint density at radius 3 is 1.71 bits per heavy atom. The molecule has 302 valence electrons. The summed E-state index contributed by atoms with van der Waals surface area (Å²) in [7, 11) is 1.88. The van der Waals surface area contributed by atoms with Gasteiger partial charge in [0.15, 0.2) is 6.61 Å². The minimum Gasteiger partial charge on any atom is -0.544 e. The second kappa shape index (κ2) is 20.1. The van der Waals surface area contributed by atoms with Crippen LogP contribution in [0.3, 0.4) is 0 Å². The van der Waals surface area contributed by atoms with E-state index in [2.05, 4.69) is 53.5 Å². The van der Waals surface area contributed by atoms with Crippen LogP contribution >= 0.6 is 0 Å². The van der Waals surface area contributed by atoms with Crippen LogP contribution < -0.4 is 9.16 Å². The summed E-state index contributed by atoms with van der Waals surface area (Å²) in [6.45, 7) is 14.0. The van der Waals surface area contributed by atoms with Gasteiger partial charge >= 0.3 is 24.1 Å². The van der Waals surface area contributed by atoms with Crippen LogP contribution in [0.4, 0.5) is 9.59 Å². The molecule has 0 saturated heterocycles. The molecule has 1 aromatic heterocycles. The predicted molar refractivity (Wildman–Crippen MR) is 209 cm³/mol. The maximum atomic E-state index is 12.0. The van der Waals surface area contributed by atoms with Gasteiger partial charge in [-0.1, -0.05) is 68.4 Å². The number of methoxy groups -OCH3 is 3. The molecule has 0 saturated carbocycles. The van der Waals surface area contributed by atoms with Gasteiger partial charge in [-0.25, -0.2) is 9.59 Å². The molecule has 0 aliphatic heterocycles. The van der Waals surface area contributed by atoms with Crippen molar-refractivity contribution >= 4 is 32.4 Å². The molecule has 56 heavy (non-hydrogen) atoms. The highest BCUT2D eigenvalue weighted by molar-refractivity contribution is 6.74. The number of ether oxygens (including phenoxy) is 4. The SMILES string of the molecule is COC(=O)CN(C(=O)OC)[C@@H](C)c1ccc(O[Si](C)(C)C(C)(C)C)cc1.COC(=O)N(CC(=O)O)[C@@H](C)c1ccc(OCc2noc(-c3ccccc3)n2)cc1. The molecule has 2 atom stereocenters. The average Bonchev–Trinajstić information content (AvgIpc) is 3.66. The number of amides is 2.